The minimum atomic E-state index is -0.842. The van der Waals surface area contributed by atoms with Crippen LogP contribution in [-0.2, 0) is 10.2 Å². The molecule has 1 fully saturated rings. The van der Waals surface area contributed by atoms with E-state index in [-0.39, 0.29) is 5.82 Å². The third-order valence-electron chi connectivity index (χ3n) is 3.32. The second-order valence-corrected chi connectivity index (χ2v) is 4.29. The van der Waals surface area contributed by atoms with Crippen LogP contribution in [0.25, 0.3) is 0 Å². The van der Waals surface area contributed by atoms with E-state index in [9.17, 15) is 9.18 Å². The van der Waals surface area contributed by atoms with Crippen molar-refractivity contribution in [3.05, 3.63) is 34.6 Å². The third kappa shape index (κ3) is 1.42. The lowest BCUT2D eigenvalue weighted by atomic mass is 9.93. The van der Waals surface area contributed by atoms with Crippen LogP contribution in [0.4, 0.5) is 4.39 Å². The van der Waals surface area contributed by atoms with E-state index < -0.39 is 11.4 Å². The van der Waals surface area contributed by atoms with Gasteiger partial charge in [0.1, 0.15) is 5.82 Å². The minimum absolute atomic E-state index is 0.308. The number of hydrogen-bond acceptors (Lipinski definition) is 1. The van der Waals surface area contributed by atoms with E-state index in [0.29, 0.717) is 24.0 Å². The van der Waals surface area contributed by atoms with Crippen molar-refractivity contribution in [1.82, 2.24) is 0 Å². The molecule has 15 heavy (non-hydrogen) atoms. The fourth-order valence-corrected chi connectivity index (χ4v) is 1.84. The summed E-state index contributed by atoms with van der Waals surface area (Å²) >= 11 is 0. The normalized spacial score (nSPS) is 17.5. The van der Waals surface area contributed by atoms with Crippen molar-refractivity contribution >= 4 is 5.97 Å². The van der Waals surface area contributed by atoms with Gasteiger partial charge in [-0.1, -0.05) is 6.07 Å². The SMILES string of the molecule is Cc1cc(C2(C(=O)O)CC2)cc(F)c1C. The Balaban J connectivity index is 2.51. The van der Waals surface area contributed by atoms with Gasteiger partial charge in [-0.3, -0.25) is 4.79 Å². The number of halogens is 1. The molecule has 0 radical (unpaired) electrons. The van der Waals surface area contributed by atoms with Gasteiger partial charge >= 0.3 is 5.97 Å². The van der Waals surface area contributed by atoms with Gasteiger partial charge < -0.3 is 5.11 Å². The molecule has 1 saturated carbocycles. The Labute approximate surface area is 87.7 Å². The van der Waals surface area contributed by atoms with Crippen LogP contribution in [-0.4, -0.2) is 11.1 Å². The molecule has 1 N–H and O–H groups in total. The highest BCUT2D eigenvalue weighted by Gasteiger charge is 2.52. The van der Waals surface area contributed by atoms with Crippen molar-refractivity contribution in [2.45, 2.75) is 32.1 Å². The Morgan fingerprint density at radius 2 is 2.00 bits per heavy atom. The first kappa shape index (κ1) is 10.1. The molecule has 0 aliphatic heterocycles. The van der Waals surface area contributed by atoms with Crippen molar-refractivity contribution < 1.29 is 14.3 Å². The summed E-state index contributed by atoms with van der Waals surface area (Å²) in [6.45, 7) is 3.51. The molecular formula is C12H13FO2. The molecule has 0 amide bonds. The molecule has 80 valence electrons. The first-order valence-corrected chi connectivity index (χ1v) is 4.98. The lowest BCUT2D eigenvalue weighted by molar-refractivity contribution is -0.140. The Bertz CT molecular complexity index is 410. The Morgan fingerprint density at radius 3 is 2.40 bits per heavy atom. The maximum atomic E-state index is 13.5. The smallest absolute Gasteiger partial charge is 0.314 e. The van der Waals surface area contributed by atoms with Crippen LogP contribution in [0, 0.1) is 19.7 Å². The van der Waals surface area contributed by atoms with Crippen molar-refractivity contribution in [2.75, 3.05) is 0 Å². The van der Waals surface area contributed by atoms with Crippen molar-refractivity contribution in [3.63, 3.8) is 0 Å². The minimum Gasteiger partial charge on any atom is -0.481 e. The highest BCUT2D eigenvalue weighted by atomic mass is 19.1. The molecule has 1 aromatic carbocycles. The second-order valence-electron chi connectivity index (χ2n) is 4.29. The van der Waals surface area contributed by atoms with Crippen molar-refractivity contribution in [3.8, 4) is 0 Å². The first-order chi connectivity index (χ1) is 6.97. The number of aryl methyl sites for hydroxylation is 1. The summed E-state index contributed by atoms with van der Waals surface area (Å²) in [5, 5.41) is 9.09. The van der Waals surface area contributed by atoms with Gasteiger partial charge in [-0.15, -0.1) is 0 Å². The third-order valence-corrected chi connectivity index (χ3v) is 3.32. The van der Waals surface area contributed by atoms with E-state index in [1.165, 1.54) is 6.07 Å². The molecule has 1 aromatic rings. The number of hydrogen-bond donors (Lipinski definition) is 1. The van der Waals surface area contributed by atoms with Crippen LogP contribution < -0.4 is 0 Å². The molecule has 0 bridgehead atoms. The molecule has 0 aromatic heterocycles. The molecule has 1 aliphatic rings. The van der Waals surface area contributed by atoms with Gasteiger partial charge in [0, 0.05) is 0 Å². The molecule has 0 atom stereocenters. The van der Waals surface area contributed by atoms with Crippen LogP contribution in [0.15, 0.2) is 12.1 Å². The second kappa shape index (κ2) is 3.05. The van der Waals surface area contributed by atoms with E-state index in [4.69, 9.17) is 5.11 Å². The highest BCUT2D eigenvalue weighted by Crippen LogP contribution is 2.48. The Morgan fingerprint density at radius 1 is 1.40 bits per heavy atom. The van der Waals surface area contributed by atoms with Crippen LogP contribution >= 0.6 is 0 Å². The predicted octanol–water partition coefficient (Wildman–Crippen LogP) is 2.56. The average molecular weight is 208 g/mol. The zero-order valence-corrected chi connectivity index (χ0v) is 8.80. The average Bonchev–Trinajstić information content (AvgIpc) is 2.93. The van der Waals surface area contributed by atoms with Crippen LogP contribution in [0.2, 0.25) is 0 Å². The van der Waals surface area contributed by atoms with Gasteiger partial charge in [0.15, 0.2) is 0 Å². The standard InChI is InChI=1S/C12H13FO2/c1-7-5-9(6-10(13)8(7)2)12(3-4-12)11(14)15/h5-6H,3-4H2,1-2H3,(H,14,15). The fraction of sp³-hybridized carbons (Fsp3) is 0.417. The molecular weight excluding hydrogens is 195 g/mol. The van der Waals surface area contributed by atoms with Crippen LogP contribution in [0.1, 0.15) is 29.5 Å². The molecule has 0 heterocycles. The molecule has 0 unspecified atom stereocenters. The zero-order chi connectivity index (χ0) is 11.2. The molecule has 2 rings (SSSR count). The molecule has 1 aliphatic carbocycles. The summed E-state index contributed by atoms with van der Waals surface area (Å²) in [7, 11) is 0. The predicted molar refractivity (Wildman–Crippen MR) is 54.4 cm³/mol. The van der Waals surface area contributed by atoms with E-state index in [1.54, 1.807) is 19.9 Å². The van der Waals surface area contributed by atoms with E-state index in [0.717, 1.165) is 5.56 Å². The molecule has 3 heteroatoms. The van der Waals surface area contributed by atoms with Crippen LogP contribution in [0.3, 0.4) is 0 Å². The summed E-state index contributed by atoms with van der Waals surface area (Å²) in [6.07, 6.45) is 1.23. The largest absolute Gasteiger partial charge is 0.481 e. The quantitative estimate of drug-likeness (QED) is 0.811. The summed E-state index contributed by atoms with van der Waals surface area (Å²) in [5.74, 6) is -1.15. The summed E-state index contributed by atoms with van der Waals surface area (Å²) in [5.41, 5.74) is 1.22. The van der Waals surface area contributed by atoms with Gasteiger partial charge in [0.25, 0.3) is 0 Å². The van der Waals surface area contributed by atoms with Gasteiger partial charge in [0.05, 0.1) is 5.41 Å². The Kier molecular flexibility index (Phi) is 2.07. The lowest BCUT2D eigenvalue weighted by Gasteiger charge is -2.12. The van der Waals surface area contributed by atoms with Gasteiger partial charge in [-0.05, 0) is 49.4 Å². The lowest BCUT2D eigenvalue weighted by Crippen LogP contribution is -2.20. The van der Waals surface area contributed by atoms with Gasteiger partial charge in [-0.2, -0.15) is 0 Å². The highest BCUT2D eigenvalue weighted by molar-refractivity contribution is 5.85. The van der Waals surface area contributed by atoms with Crippen molar-refractivity contribution in [2.24, 2.45) is 0 Å². The maximum Gasteiger partial charge on any atom is 0.314 e. The fourth-order valence-electron chi connectivity index (χ4n) is 1.84. The summed E-state index contributed by atoms with van der Waals surface area (Å²) in [6, 6.07) is 3.16. The summed E-state index contributed by atoms with van der Waals surface area (Å²) in [4.78, 5) is 11.1. The number of carbonyl (C=O) groups is 1. The number of aliphatic carboxylic acids is 1. The van der Waals surface area contributed by atoms with Gasteiger partial charge in [0.2, 0.25) is 0 Å². The maximum absolute atomic E-state index is 13.5. The zero-order valence-electron chi connectivity index (χ0n) is 8.80. The molecule has 0 saturated heterocycles. The monoisotopic (exact) mass is 208 g/mol. The molecule has 0 spiro atoms. The molecule has 2 nitrogen and oxygen atoms in total. The summed E-state index contributed by atoms with van der Waals surface area (Å²) < 4.78 is 13.5. The number of carboxylic acid groups (broad SMARTS) is 1. The van der Waals surface area contributed by atoms with E-state index >= 15 is 0 Å². The Hall–Kier alpha value is -1.38. The van der Waals surface area contributed by atoms with E-state index in [1.807, 2.05) is 0 Å². The van der Waals surface area contributed by atoms with Gasteiger partial charge in [-0.25, -0.2) is 4.39 Å². The number of benzene rings is 1. The number of carboxylic acids is 1. The number of rotatable bonds is 2. The van der Waals surface area contributed by atoms with Crippen LogP contribution in [0.5, 0.6) is 0 Å². The topological polar surface area (TPSA) is 37.3 Å². The first-order valence-electron chi connectivity index (χ1n) is 4.98. The van der Waals surface area contributed by atoms with Crippen molar-refractivity contribution in [1.29, 1.82) is 0 Å². The van der Waals surface area contributed by atoms with E-state index in [2.05, 4.69) is 0 Å².